The third-order valence-corrected chi connectivity index (χ3v) is 2.51. The van der Waals surface area contributed by atoms with Crippen molar-refractivity contribution in [3.8, 4) is 0 Å². The molecule has 72 valence electrons. The number of rotatable bonds is 5. The van der Waals surface area contributed by atoms with Crippen LogP contribution in [-0.2, 0) is 0 Å². The largest absolute Gasteiger partial charge is 0.330 e. The summed E-state index contributed by atoms with van der Waals surface area (Å²) in [5, 5.41) is 0. The number of hydrogen-bond acceptors (Lipinski definition) is 1. The van der Waals surface area contributed by atoms with Gasteiger partial charge in [-0.25, -0.2) is 0 Å². The van der Waals surface area contributed by atoms with Gasteiger partial charge in [-0.3, -0.25) is 0 Å². The quantitative estimate of drug-likeness (QED) is 0.491. The smallest absolute Gasteiger partial charge is 0.104 e. The predicted molar refractivity (Wildman–Crippen MR) is 54.9 cm³/mol. The Balaban J connectivity index is 3.98. The fourth-order valence-corrected chi connectivity index (χ4v) is 1.21. The number of quaternary nitrogens is 1. The van der Waals surface area contributed by atoms with Crippen LogP contribution in [0.2, 0.25) is 0 Å². The van der Waals surface area contributed by atoms with E-state index in [1.54, 1.807) is 0 Å². The Kier molecular flexibility index (Phi) is 5.18. The molecule has 0 bridgehead atoms. The second-order valence-electron chi connectivity index (χ2n) is 3.91. The average molecular weight is 171 g/mol. The zero-order chi connectivity index (χ0) is 9.61. The first-order valence-electron chi connectivity index (χ1n) is 4.70. The third kappa shape index (κ3) is 3.88. The highest BCUT2D eigenvalue weighted by Crippen LogP contribution is 2.08. The highest BCUT2D eigenvalue weighted by Gasteiger charge is 2.19. The van der Waals surface area contributed by atoms with Crippen LogP contribution in [0.3, 0.4) is 0 Å². The fourth-order valence-electron chi connectivity index (χ4n) is 1.21. The van der Waals surface area contributed by atoms with Crippen LogP contribution in [0, 0.1) is 0 Å². The Labute approximate surface area is 76.6 Å². The Morgan fingerprint density at radius 3 is 2.42 bits per heavy atom. The molecule has 0 saturated heterocycles. The minimum Gasteiger partial charge on any atom is -0.330 e. The summed E-state index contributed by atoms with van der Waals surface area (Å²) in [5.41, 5.74) is 5.48. The summed E-state index contributed by atoms with van der Waals surface area (Å²) < 4.78 is 1.03. The van der Waals surface area contributed by atoms with E-state index in [-0.39, 0.29) is 0 Å². The molecule has 0 spiro atoms. The van der Waals surface area contributed by atoms with Gasteiger partial charge in [0.05, 0.1) is 20.6 Å². The van der Waals surface area contributed by atoms with Gasteiger partial charge in [0.2, 0.25) is 0 Å². The Bertz CT molecular complexity index is 139. The second kappa shape index (κ2) is 5.33. The van der Waals surface area contributed by atoms with Crippen molar-refractivity contribution < 1.29 is 4.48 Å². The molecule has 0 aromatic rings. The number of likely N-dealkylation sites (N-methyl/N-ethyl adjacent to an activating group) is 1. The molecule has 1 atom stereocenters. The maximum absolute atomic E-state index is 5.48. The van der Waals surface area contributed by atoms with E-state index in [1.807, 2.05) is 0 Å². The van der Waals surface area contributed by atoms with Crippen LogP contribution in [0.5, 0.6) is 0 Å². The van der Waals surface area contributed by atoms with Crippen LogP contribution in [0.25, 0.3) is 0 Å². The predicted octanol–water partition coefficient (Wildman–Crippen LogP) is 1.38. The molecule has 0 amide bonds. The Morgan fingerprint density at radius 1 is 1.42 bits per heavy atom. The Morgan fingerprint density at radius 2 is 2.00 bits per heavy atom. The van der Waals surface area contributed by atoms with Gasteiger partial charge < -0.3 is 10.2 Å². The van der Waals surface area contributed by atoms with Crippen LogP contribution in [0.15, 0.2) is 12.2 Å². The number of nitrogens with zero attached hydrogens (tertiary/aromatic N) is 1. The zero-order valence-electron chi connectivity index (χ0n) is 8.88. The lowest BCUT2D eigenvalue weighted by molar-refractivity contribution is -0.906. The van der Waals surface area contributed by atoms with Crippen LogP contribution < -0.4 is 5.73 Å². The van der Waals surface area contributed by atoms with Gasteiger partial charge in [-0.1, -0.05) is 6.08 Å². The molecule has 2 nitrogen and oxygen atoms in total. The van der Waals surface area contributed by atoms with E-state index in [4.69, 9.17) is 5.73 Å². The van der Waals surface area contributed by atoms with E-state index in [0.29, 0.717) is 6.04 Å². The van der Waals surface area contributed by atoms with Gasteiger partial charge in [0, 0.05) is 6.42 Å². The van der Waals surface area contributed by atoms with Crippen molar-refractivity contribution in [1.29, 1.82) is 0 Å². The van der Waals surface area contributed by atoms with E-state index in [1.165, 1.54) is 0 Å². The van der Waals surface area contributed by atoms with Crippen molar-refractivity contribution in [1.82, 2.24) is 0 Å². The van der Waals surface area contributed by atoms with Crippen LogP contribution >= 0.6 is 0 Å². The molecule has 0 radical (unpaired) electrons. The van der Waals surface area contributed by atoms with Crippen molar-refractivity contribution in [3.63, 3.8) is 0 Å². The highest BCUT2D eigenvalue weighted by atomic mass is 15.3. The molecular formula is C10H23N2+. The molecule has 0 aliphatic carbocycles. The lowest BCUT2D eigenvalue weighted by Gasteiger charge is -2.34. The van der Waals surface area contributed by atoms with Gasteiger partial charge in [0.1, 0.15) is 6.04 Å². The van der Waals surface area contributed by atoms with Gasteiger partial charge in [0.15, 0.2) is 0 Å². The van der Waals surface area contributed by atoms with Gasteiger partial charge >= 0.3 is 0 Å². The summed E-state index contributed by atoms with van der Waals surface area (Å²) >= 11 is 0. The summed E-state index contributed by atoms with van der Waals surface area (Å²) in [6.45, 7) is 6.27. The van der Waals surface area contributed by atoms with E-state index in [2.05, 4.69) is 40.1 Å². The lowest BCUT2D eigenvalue weighted by Crippen LogP contribution is -2.47. The van der Waals surface area contributed by atoms with Gasteiger partial charge in [-0.2, -0.15) is 0 Å². The summed E-state index contributed by atoms with van der Waals surface area (Å²) in [6, 6.07) is 0.585. The maximum atomic E-state index is 5.48. The molecular weight excluding hydrogens is 148 g/mol. The fraction of sp³-hybridized carbons (Fsp3) is 0.800. The molecule has 0 aliphatic rings. The van der Waals surface area contributed by atoms with Gasteiger partial charge in [0.25, 0.3) is 0 Å². The molecule has 0 heterocycles. The SMILES string of the molecule is CC=CC(C)[N+](C)(C)CCCN. The van der Waals surface area contributed by atoms with Crippen molar-refractivity contribution >= 4 is 0 Å². The molecule has 2 N–H and O–H groups in total. The lowest BCUT2D eigenvalue weighted by atomic mass is 10.2. The van der Waals surface area contributed by atoms with E-state index in [0.717, 1.165) is 24.0 Å². The molecule has 0 rings (SSSR count). The first-order valence-corrected chi connectivity index (χ1v) is 4.70. The molecule has 0 aliphatic heterocycles. The molecule has 0 aromatic heterocycles. The zero-order valence-corrected chi connectivity index (χ0v) is 8.88. The topological polar surface area (TPSA) is 26.0 Å². The third-order valence-electron chi connectivity index (χ3n) is 2.51. The van der Waals surface area contributed by atoms with E-state index in [9.17, 15) is 0 Å². The van der Waals surface area contributed by atoms with Crippen molar-refractivity contribution in [3.05, 3.63) is 12.2 Å². The summed E-state index contributed by atoms with van der Waals surface area (Å²) in [7, 11) is 4.50. The maximum Gasteiger partial charge on any atom is 0.104 e. The molecule has 0 aromatic carbocycles. The second-order valence-corrected chi connectivity index (χ2v) is 3.91. The average Bonchev–Trinajstić information content (AvgIpc) is 2.01. The van der Waals surface area contributed by atoms with Gasteiger partial charge in [-0.05, 0) is 26.5 Å². The molecule has 0 saturated carbocycles. The first kappa shape index (κ1) is 11.7. The normalized spacial score (nSPS) is 15.4. The molecule has 2 heteroatoms. The Hall–Kier alpha value is -0.340. The first-order chi connectivity index (χ1) is 5.54. The van der Waals surface area contributed by atoms with Crippen molar-refractivity contribution in [2.24, 2.45) is 5.73 Å². The van der Waals surface area contributed by atoms with Crippen LogP contribution in [0.1, 0.15) is 20.3 Å². The van der Waals surface area contributed by atoms with E-state index >= 15 is 0 Å². The van der Waals surface area contributed by atoms with Gasteiger partial charge in [-0.15, -0.1) is 0 Å². The summed E-state index contributed by atoms with van der Waals surface area (Å²) in [4.78, 5) is 0. The van der Waals surface area contributed by atoms with Crippen molar-refractivity contribution in [2.75, 3.05) is 27.2 Å². The molecule has 12 heavy (non-hydrogen) atoms. The number of nitrogens with two attached hydrogens (primary N) is 1. The number of allylic oxidation sites excluding steroid dienone is 1. The van der Waals surface area contributed by atoms with Crippen LogP contribution in [0.4, 0.5) is 0 Å². The minimum absolute atomic E-state index is 0.585. The summed E-state index contributed by atoms with van der Waals surface area (Å²) in [6.07, 6.45) is 5.47. The van der Waals surface area contributed by atoms with E-state index < -0.39 is 0 Å². The molecule has 1 unspecified atom stereocenters. The highest BCUT2D eigenvalue weighted by molar-refractivity contribution is 4.83. The van der Waals surface area contributed by atoms with Crippen molar-refractivity contribution in [2.45, 2.75) is 26.3 Å². The molecule has 0 fully saturated rings. The minimum atomic E-state index is 0.585. The summed E-state index contributed by atoms with van der Waals surface area (Å²) in [5.74, 6) is 0. The number of hydrogen-bond donors (Lipinski definition) is 1. The monoisotopic (exact) mass is 171 g/mol. The standard InChI is InChI=1S/C10H23N2/c1-5-7-10(2)12(3,4)9-6-8-11/h5,7,10H,6,8-9,11H2,1-4H3/q+1. The van der Waals surface area contributed by atoms with Crippen LogP contribution in [-0.4, -0.2) is 37.7 Å².